The molecule has 1 aliphatic heterocycles. The normalized spacial score (nSPS) is 32.3. The van der Waals surface area contributed by atoms with Crippen molar-refractivity contribution in [3.8, 4) is 0 Å². The lowest BCUT2D eigenvalue weighted by atomic mass is 9.79. The minimum atomic E-state index is 0.176. The van der Waals surface area contributed by atoms with Gasteiger partial charge in [0.1, 0.15) is 0 Å². The number of methoxy groups -OCH3 is 1. The topological polar surface area (TPSA) is 54.1 Å². The highest BCUT2D eigenvalue weighted by molar-refractivity contribution is 5.81. The van der Waals surface area contributed by atoms with E-state index in [1.165, 1.54) is 0 Å². The molecule has 2 N–H and O–H groups in total. The first-order valence-corrected chi connectivity index (χ1v) is 6.82. The summed E-state index contributed by atoms with van der Waals surface area (Å²) in [6.45, 7) is 2.86. The average molecular weight is 254 g/mol. The minimum Gasteiger partial charge on any atom is -0.381 e. The van der Waals surface area contributed by atoms with Gasteiger partial charge in [-0.15, -0.1) is 0 Å². The predicted octanol–water partition coefficient (Wildman–Crippen LogP) is 0.506. The Morgan fingerprint density at radius 2 is 2.11 bits per heavy atom. The van der Waals surface area contributed by atoms with Crippen molar-refractivity contribution < 1.29 is 4.74 Å². The Balaban J connectivity index is 1.99. The monoisotopic (exact) mass is 254 g/mol. The van der Waals surface area contributed by atoms with Crippen LogP contribution >= 0.6 is 0 Å². The largest absolute Gasteiger partial charge is 0.381 e. The molecule has 1 saturated carbocycles. The lowest BCUT2D eigenvalue weighted by Crippen LogP contribution is -2.55. The Morgan fingerprint density at radius 3 is 2.67 bits per heavy atom. The second kappa shape index (κ2) is 5.45. The smallest absolute Gasteiger partial charge is 0.191 e. The molecule has 1 spiro atoms. The Kier molecular flexibility index (Phi) is 4.12. The van der Waals surface area contributed by atoms with Gasteiger partial charge >= 0.3 is 0 Å². The molecule has 0 aromatic heterocycles. The molecule has 1 fully saturated rings. The molecule has 104 valence electrons. The summed E-state index contributed by atoms with van der Waals surface area (Å²) in [5.74, 6) is 0.729. The molecule has 0 saturated heterocycles. The zero-order valence-corrected chi connectivity index (χ0v) is 11.9. The number of hydrogen-bond donors (Lipinski definition) is 1. The van der Waals surface area contributed by atoms with Gasteiger partial charge in [-0.05, 0) is 39.8 Å². The standard InChI is InChI=1S/C13H26N4O/c1-16(2)8-9-17-12(14)15-10-13(17)6-4-11(18-3)5-7-13/h11H,4-10H2,1-3H3,(H2,14,15). The number of guanidine groups is 1. The first-order chi connectivity index (χ1) is 8.57. The zero-order valence-electron chi connectivity index (χ0n) is 11.9. The highest BCUT2D eigenvalue weighted by Crippen LogP contribution is 2.37. The van der Waals surface area contributed by atoms with E-state index >= 15 is 0 Å². The second-order valence-electron chi connectivity index (χ2n) is 5.79. The molecule has 18 heavy (non-hydrogen) atoms. The molecule has 0 amide bonds. The molecule has 0 radical (unpaired) electrons. The van der Waals surface area contributed by atoms with Gasteiger partial charge in [-0.1, -0.05) is 0 Å². The number of ether oxygens (including phenoxy) is 1. The highest BCUT2D eigenvalue weighted by Gasteiger charge is 2.44. The quantitative estimate of drug-likeness (QED) is 0.794. The summed E-state index contributed by atoms with van der Waals surface area (Å²) in [4.78, 5) is 9.01. The Bertz CT molecular complexity index is 308. The van der Waals surface area contributed by atoms with E-state index in [-0.39, 0.29) is 5.54 Å². The van der Waals surface area contributed by atoms with Gasteiger partial charge in [0.2, 0.25) is 0 Å². The van der Waals surface area contributed by atoms with Crippen LogP contribution in [0.5, 0.6) is 0 Å². The maximum Gasteiger partial charge on any atom is 0.191 e. The molecule has 2 aliphatic rings. The van der Waals surface area contributed by atoms with E-state index in [1.807, 2.05) is 7.11 Å². The van der Waals surface area contributed by atoms with Crippen LogP contribution in [0.3, 0.4) is 0 Å². The van der Waals surface area contributed by atoms with Crippen LogP contribution in [0.25, 0.3) is 0 Å². The van der Waals surface area contributed by atoms with Gasteiger partial charge in [-0.2, -0.15) is 0 Å². The maximum absolute atomic E-state index is 6.06. The summed E-state index contributed by atoms with van der Waals surface area (Å²) >= 11 is 0. The van der Waals surface area contributed by atoms with Crippen molar-refractivity contribution >= 4 is 5.96 Å². The van der Waals surface area contributed by atoms with Gasteiger partial charge in [-0.25, -0.2) is 0 Å². The maximum atomic E-state index is 6.06. The lowest BCUT2D eigenvalue weighted by molar-refractivity contribution is 0.0221. The Labute approximate surface area is 110 Å². The summed E-state index contributed by atoms with van der Waals surface area (Å²) in [7, 11) is 6.00. The molecule has 5 heteroatoms. The number of nitrogens with two attached hydrogens (primary N) is 1. The van der Waals surface area contributed by atoms with E-state index in [9.17, 15) is 0 Å². The van der Waals surface area contributed by atoms with E-state index in [1.54, 1.807) is 0 Å². The zero-order chi connectivity index (χ0) is 13.2. The third-order valence-corrected chi connectivity index (χ3v) is 4.35. The molecule has 5 nitrogen and oxygen atoms in total. The van der Waals surface area contributed by atoms with Crippen molar-refractivity contribution in [2.75, 3.05) is 40.8 Å². The van der Waals surface area contributed by atoms with Crippen molar-refractivity contribution in [2.45, 2.75) is 37.3 Å². The molecule has 0 unspecified atom stereocenters. The minimum absolute atomic E-state index is 0.176. The van der Waals surface area contributed by atoms with Gasteiger partial charge in [0, 0.05) is 20.2 Å². The van der Waals surface area contributed by atoms with Crippen molar-refractivity contribution in [3.05, 3.63) is 0 Å². The lowest BCUT2D eigenvalue weighted by Gasteiger charge is -2.44. The SMILES string of the molecule is COC1CCC2(CC1)CN=C(N)N2CCN(C)C. The van der Waals surface area contributed by atoms with Gasteiger partial charge in [-0.3, -0.25) is 4.99 Å². The highest BCUT2D eigenvalue weighted by atomic mass is 16.5. The summed E-state index contributed by atoms with van der Waals surface area (Å²) in [6.07, 6.45) is 4.95. The molecule has 0 atom stereocenters. The van der Waals surface area contributed by atoms with Crippen LogP contribution in [-0.2, 0) is 4.74 Å². The molecule has 0 aromatic carbocycles. The molecular weight excluding hydrogens is 228 g/mol. The van der Waals surface area contributed by atoms with Gasteiger partial charge in [0.15, 0.2) is 5.96 Å². The molecular formula is C13H26N4O. The number of nitrogens with zero attached hydrogens (tertiary/aromatic N) is 3. The Hall–Kier alpha value is -0.810. The number of aliphatic imine (C=N–C) groups is 1. The fourth-order valence-corrected chi connectivity index (χ4v) is 3.09. The molecule has 0 bridgehead atoms. The van der Waals surface area contributed by atoms with Gasteiger partial charge in [0.05, 0.1) is 18.2 Å². The van der Waals surface area contributed by atoms with Crippen LogP contribution in [0.1, 0.15) is 25.7 Å². The van der Waals surface area contributed by atoms with Gasteiger partial charge < -0.3 is 20.3 Å². The number of hydrogen-bond acceptors (Lipinski definition) is 5. The van der Waals surface area contributed by atoms with Crippen molar-refractivity contribution in [2.24, 2.45) is 10.7 Å². The molecule has 1 heterocycles. The molecule has 0 aromatic rings. The third-order valence-electron chi connectivity index (χ3n) is 4.35. The van der Waals surface area contributed by atoms with E-state index in [2.05, 4.69) is 28.9 Å². The van der Waals surface area contributed by atoms with Crippen LogP contribution in [-0.4, -0.2) is 68.2 Å². The molecule has 1 aliphatic carbocycles. The van der Waals surface area contributed by atoms with E-state index in [4.69, 9.17) is 10.5 Å². The summed E-state index contributed by atoms with van der Waals surface area (Å²) in [5.41, 5.74) is 6.24. The van der Waals surface area contributed by atoms with Crippen LogP contribution in [0.15, 0.2) is 4.99 Å². The van der Waals surface area contributed by atoms with Crippen LogP contribution in [0.2, 0.25) is 0 Å². The van der Waals surface area contributed by atoms with E-state index in [0.717, 1.165) is 51.3 Å². The van der Waals surface area contributed by atoms with Crippen LogP contribution in [0.4, 0.5) is 0 Å². The Morgan fingerprint density at radius 1 is 1.44 bits per heavy atom. The number of likely N-dealkylation sites (N-methyl/N-ethyl adjacent to an activating group) is 1. The first kappa shape index (κ1) is 13.6. The third kappa shape index (κ3) is 2.62. The van der Waals surface area contributed by atoms with Crippen molar-refractivity contribution in [3.63, 3.8) is 0 Å². The predicted molar refractivity (Wildman–Crippen MR) is 73.7 cm³/mol. The van der Waals surface area contributed by atoms with Crippen molar-refractivity contribution in [1.29, 1.82) is 0 Å². The summed E-state index contributed by atoms with van der Waals surface area (Å²) in [5, 5.41) is 0. The number of rotatable bonds is 4. The van der Waals surface area contributed by atoms with Crippen LogP contribution in [0, 0.1) is 0 Å². The summed E-state index contributed by atoms with van der Waals surface area (Å²) in [6, 6.07) is 0. The summed E-state index contributed by atoms with van der Waals surface area (Å²) < 4.78 is 5.46. The second-order valence-corrected chi connectivity index (χ2v) is 5.79. The van der Waals surface area contributed by atoms with Crippen molar-refractivity contribution in [1.82, 2.24) is 9.80 Å². The van der Waals surface area contributed by atoms with Crippen LogP contribution < -0.4 is 5.73 Å². The molecule has 2 rings (SSSR count). The fraction of sp³-hybridized carbons (Fsp3) is 0.923. The van der Waals surface area contributed by atoms with E-state index < -0.39 is 0 Å². The van der Waals surface area contributed by atoms with Gasteiger partial charge in [0.25, 0.3) is 0 Å². The fourth-order valence-electron chi connectivity index (χ4n) is 3.09. The van der Waals surface area contributed by atoms with E-state index in [0.29, 0.717) is 6.10 Å². The first-order valence-electron chi connectivity index (χ1n) is 6.82. The average Bonchev–Trinajstić information content (AvgIpc) is 2.65.